The van der Waals surface area contributed by atoms with Crippen molar-refractivity contribution in [2.75, 3.05) is 5.43 Å². The number of hydrogen-bond acceptors (Lipinski definition) is 7. The predicted octanol–water partition coefficient (Wildman–Crippen LogP) is 5.41. The monoisotopic (exact) mass is 489 g/mol. The molecule has 10 heteroatoms. The largest absolute Gasteiger partial charge is 0.434 e. The Kier molecular flexibility index (Phi) is 7.18. The first kappa shape index (κ1) is 23.7. The summed E-state index contributed by atoms with van der Waals surface area (Å²) in [6.45, 7) is 1.78. The summed E-state index contributed by atoms with van der Waals surface area (Å²) < 4.78 is 5.64. The number of halogens is 1. The van der Waals surface area contributed by atoms with Crippen molar-refractivity contribution >= 4 is 29.0 Å². The van der Waals surface area contributed by atoms with Gasteiger partial charge in [-0.1, -0.05) is 72.3 Å². The molecule has 1 heterocycles. The Labute approximate surface area is 205 Å². The van der Waals surface area contributed by atoms with Gasteiger partial charge in [-0.3, -0.25) is 25.8 Å². The van der Waals surface area contributed by atoms with Crippen LogP contribution in [0.4, 0.5) is 11.5 Å². The molecule has 3 aromatic carbocycles. The van der Waals surface area contributed by atoms with Crippen molar-refractivity contribution in [3.63, 3.8) is 0 Å². The fraction of sp³-hybridized carbons (Fsp3) is 0.0800. The van der Waals surface area contributed by atoms with E-state index >= 15 is 0 Å². The van der Waals surface area contributed by atoms with Crippen LogP contribution >= 0.6 is 11.6 Å². The lowest BCUT2D eigenvalue weighted by molar-refractivity contribution is -0.385. The Morgan fingerprint density at radius 3 is 2.20 bits per heavy atom. The first-order valence-electron chi connectivity index (χ1n) is 10.5. The van der Waals surface area contributed by atoms with Crippen molar-refractivity contribution in [3.8, 4) is 11.6 Å². The number of anilines is 1. The molecule has 0 saturated carbocycles. The van der Waals surface area contributed by atoms with Crippen LogP contribution in [0.25, 0.3) is 0 Å². The van der Waals surface area contributed by atoms with Crippen LogP contribution in [0.2, 0.25) is 5.02 Å². The lowest BCUT2D eigenvalue weighted by atomic mass is 9.91. The van der Waals surface area contributed by atoms with Gasteiger partial charge < -0.3 is 4.74 Å². The summed E-state index contributed by atoms with van der Waals surface area (Å²) in [5, 5.41) is 12.4. The molecular formula is C25H20ClN5O4. The van der Waals surface area contributed by atoms with Gasteiger partial charge in [0.15, 0.2) is 0 Å². The quantitative estimate of drug-likeness (QED) is 0.250. The van der Waals surface area contributed by atoms with Gasteiger partial charge in [-0.2, -0.15) is 4.98 Å². The molecule has 1 aromatic heterocycles. The third kappa shape index (κ3) is 5.53. The van der Waals surface area contributed by atoms with E-state index in [0.717, 1.165) is 23.0 Å². The van der Waals surface area contributed by atoms with Crippen molar-refractivity contribution in [2.45, 2.75) is 12.8 Å². The maximum absolute atomic E-state index is 13.2. The van der Waals surface area contributed by atoms with E-state index < -0.39 is 22.4 Å². The van der Waals surface area contributed by atoms with Crippen LogP contribution < -0.4 is 15.6 Å². The minimum absolute atomic E-state index is 0.223. The molecule has 4 rings (SSSR count). The van der Waals surface area contributed by atoms with Crippen molar-refractivity contribution in [1.29, 1.82) is 0 Å². The summed E-state index contributed by atoms with van der Waals surface area (Å²) in [4.78, 5) is 32.2. The van der Waals surface area contributed by atoms with E-state index in [9.17, 15) is 14.9 Å². The minimum Gasteiger partial charge on any atom is -0.434 e. The van der Waals surface area contributed by atoms with Gasteiger partial charge in [0.05, 0.1) is 10.8 Å². The number of nitro groups is 1. The number of carbonyl (C=O) groups is 1. The highest BCUT2D eigenvalue weighted by molar-refractivity contribution is 6.31. The van der Waals surface area contributed by atoms with Crippen molar-refractivity contribution < 1.29 is 14.5 Å². The molecule has 0 saturated heterocycles. The predicted molar refractivity (Wildman–Crippen MR) is 131 cm³/mol. The first-order valence-corrected chi connectivity index (χ1v) is 10.9. The fourth-order valence-corrected chi connectivity index (χ4v) is 3.58. The lowest BCUT2D eigenvalue weighted by Gasteiger charge is -2.18. The Morgan fingerprint density at radius 2 is 1.63 bits per heavy atom. The summed E-state index contributed by atoms with van der Waals surface area (Å²) in [5.74, 6) is -1.27. The summed E-state index contributed by atoms with van der Waals surface area (Å²) in [6.07, 6.45) is 1.10. The molecular weight excluding hydrogens is 470 g/mol. The fourth-order valence-electron chi connectivity index (χ4n) is 3.46. The van der Waals surface area contributed by atoms with Gasteiger partial charge in [-0.05, 0) is 41.8 Å². The number of rotatable bonds is 8. The number of benzene rings is 3. The summed E-state index contributed by atoms with van der Waals surface area (Å²) >= 11 is 6.04. The number of amides is 1. The highest BCUT2D eigenvalue weighted by Gasteiger charge is 2.27. The Morgan fingerprint density at radius 1 is 1.00 bits per heavy atom. The van der Waals surface area contributed by atoms with E-state index in [1.54, 1.807) is 25.1 Å². The van der Waals surface area contributed by atoms with Gasteiger partial charge in [0.2, 0.25) is 11.7 Å². The molecule has 9 nitrogen and oxygen atoms in total. The van der Waals surface area contributed by atoms with E-state index in [2.05, 4.69) is 20.8 Å². The molecule has 176 valence electrons. The molecule has 0 atom stereocenters. The maximum atomic E-state index is 13.2. The Bertz CT molecular complexity index is 1310. The zero-order chi connectivity index (χ0) is 24.8. The third-order valence-electron chi connectivity index (χ3n) is 5.15. The van der Waals surface area contributed by atoms with Gasteiger partial charge in [-0.25, -0.2) is 4.98 Å². The number of aryl methyl sites for hydroxylation is 1. The molecule has 0 aliphatic heterocycles. The van der Waals surface area contributed by atoms with Crippen LogP contribution in [-0.4, -0.2) is 20.8 Å². The van der Waals surface area contributed by atoms with E-state index in [1.165, 1.54) is 0 Å². The number of carbonyl (C=O) groups excluding carboxylic acids is 1. The van der Waals surface area contributed by atoms with Gasteiger partial charge in [0.25, 0.3) is 0 Å². The van der Waals surface area contributed by atoms with Crippen LogP contribution in [-0.2, 0) is 4.79 Å². The molecule has 0 bridgehead atoms. The second kappa shape index (κ2) is 10.6. The molecule has 4 aromatic rings. The van der Waals surface area contributed by atoms with Crippen molar-refractivity contribution in [3.05, 3.63) is 117 Å². The van der Waals surface area contributed by atoms with Crippen LogP contribution in [0.5, 0.6) is 11.6 Å². The molecule has 0 spiro atoms. The highest BCUT2D eigenvalue weighted by Crippen LogP contribution is 2.35. The summed E-state index contributed by atoms with van der Waals surface area (Å²) in [5.41, 5.74) is 6.84. The Balaban J connectivity index is 1.59. The zero-order valence-corrected chi connectivity index (χ0v) is 19.3. The van der Waals surface area contributed by atoms with Crippen LogP contribution in [0, 0.1) is 17.0 Å². The Hall–Kier alpha value is -4.50. The molecule has 1 amide bonds. The summed E-state index contributed by atoms with van der Waals surface area (Å²) in [6, 6.07) is 23.2. The maximum Gasteiger partial charge on any atom is 0.374 e. The van der Waals surface area contributed by atoms with E-state index in [-0.39, 0.29) is 11.7 Å². The normalized spacial score (nSPS) is 10.6. The highest BCUT2D eigenvalue weighted by atomic mass is 35.5. The van der Waals surface area contributed by atoms with E-state index in [4.69, 9.17) is 16.3 Å². The standard InChI is InChI=1S/C25H20ClN5O4/c1-16-14-19(12-13-20(16)26)35-25-22(31(33)34)23(27-15-28-25)29-30-24(32)21(17-8-4-2-5-9-17)18-10-6-3-7-11-18/h2-15,21H,1H3,(H,30,32)(H,27,28,29). The number of hydrogen-bond donors (Lipinski definition) is 2. The van der Waals surface area contributed by atoms with Gasteiger partial charge in [-0.15, -0.1) is 0 Å². The molecule has 2 N–H and O–H groups in total. The minimum atomic E-state index is -0.682. The number of nitrogens with zero attached hydrogens (tertiary/aromatic N) is 3. The van der Waals surface area contributed by atoms with Crippen LogP contribution in [0.1, 0.15) is 22.6 Å². The second-order valence-electron chi connectivity index (χ2n) is 7.51. The number of nitrogens with one attached hydrogen (secondary N) is 2. The number of aromatic nitrogens is 2. The molecule has 0 unspecified atom stereocenters. The smallest absolute Gasteiger partial charge is 0.374 e. The molecule has 0 fully saturated rings. The molecule has 0 radical (unpaired) electrons. The van der Waals surface area contributed by atoms with E-state index in [0.29, 0.717) is 10.8 Å². The molecule has 0 aliphatic rings. The number of ether oxygens (including phenoxy) is 1. The third-order valence-corrected chi connectivity index (χ3v) is 5.57. The second-order valence-corrected chi connectivity index (χ2v) is 7.92. The van der Waals surface area contributed by atoms with E-state index in [1.807, 2.05) is 60.7 Å². The lowest BCUT2D eigenvalue weighted by Crippen LogP contribution is -2.35. The molecule has 35 heavy (non-hydrogen) atoms. The van der Waals surface area contributed by atoms with Crippen molar-refractivity contribution in [1.82, 2.24) is 15.4 Å². The van der Waals surface area contributed by atoms with Crippen molar-refractivity contribution in [2.24, 2.45) is 0 Å². The average Bonchev–Trinajstić information content (AvgIpc) is 2.86. The SMILES string of the molecule is Cc1cc(Oc2ncnc(NNC(=O)C(c3ccccc3)c3ccccc3)c2[N+](=O)[O-])ccc1Cl. The average molecular weight is 490 g/mol. The van der Waals surface area contributed by atoms with Crippen LogP contribution in [0.3, 0.4) is 0 Å². The first-order chi connectivity index (χ1) is 16.9. The van der Waals surface area contributed by atoms with Gasteiger partial charge in [0.1, 0.15) is 12.1 Å². The van der Waals surface area contributed by atoms with Gasteiger partial charge >= 0.3 is 11.6 Å². The number of hydrazine groups is 1. The van der Waals surface area contributed by atoms with Crippen LogP contribution in [0.15, 0.2) is 85.2 Å². The van der Waals surface area contributed by atoms with Gasteiger partial charge in [0, 0.05) is 5.02 Å². The topological polar surface area (TPSA) is 119 Å². The zero-order valence-electron chi connectivity index (χ0n) is 18.5. The summed E-state index contributed by atoms with van der Waals surface area (Å²) in [7, 11) is 0. The molecule has 0 aliphatic carbocycles.